The van der Waals surface area contributed by atoms with Gasteiger partial charge in [0.25, 0.3) is 0 Å². The van der Waals surface area contributed by atoms with E-state index in [9.17, 15) is 4.79 Å². The molecule has 0 aromatic heterocycles. The second kappa shape index (κ2) is 14.3. The maximum absolute atomic E-state index is 12.9. The summed E-state index contributed by atoms with van der Waals surface area (Å²) in [6.07, 6.45) is 10.6. The van der Waals surface area contributed by atoms with Gasteiger partial charge in [0.05, 0.1) is 7.11 Å². The van der Waals surface area contributed by atoms with Gasteiger partial charge in [0.15, 0.2) is 0 Å². The number of methoxy groups -OCH3 is 1. The number of hydrogen-bond acceptors (Lipinski definition) is 3. The molecular weight excluding hydrogens is 336 g/mol. The van der Waals surface area contributed by atoms with Crippen LogP contribution in [0.4, 0.5) is 0 Å². The van der Waals surface area contributed by atoms with E-state index in [0.717, 1.165) is 49.7 Å². The summed E-state index contributed by atoms with van der Waals surface area (Å²) in [5.74, 6) is 0.0434. The van der Waals surface area contributed by atoms with Gasteiger partial charge in [0, 0.05) is 5.57 Å². The Labute approximate surface area is 166 Å². The second-order valence-corrected chi connectivity index (χ2v) is 7.12. The fourth-order valence-electron chi connectivity index (χ4n) is 3.26. The highest BCUT2D eigenvalue weighted by Crippen LogP contribution is 2.27. The number of rotatable bonds is 14. The van der Waals surface area contributed by atoms with E-state index in [1.54, 1.807) is 7.11 Å². The molecule has 1 aromatic carbocycles. The summed E-state index contributed by atoms with van der Waals surface area (Å²) in [6, 6.07) is 10.1. The van der Waals surface area contributed by atoms with Crippen LogP contribution in [-0.4, -0.2) is 19.2 Å². The highest BCUT2D eigenvalue weighted by molar-refractivity contribution is 5.95. The summed E-state index contributed by atoms with van der Waals surface area (Å²) in [7, 11) is 1.57. The van der Waals surface area contributed by atoms with Crippen molar-refractivity contribution in [3.8, 4) is 0 Å². The van der Waals surface area contributed by atoms with Crippen molar-refractivity contribution in [3.05, 3.63) is 41.7 Å². The molecule has 152 valence electrons. The Morgan fingerprint density at radius 2 is 1.59 bits per heavy atom. The highest BCUT2D eigenvalue weighted by atomic mass is 16.6. The fraction of sp³-hybridized carbons (Fsp3) is 0.625. The Bertz CT molecular complexity index is 548. The molecule has 0 aliphatic heterocycles. The lowest BCUT2D eigenvalue weighted by Gasteiger charge is -2.19. The van der Waals surface area contributed by atoms with Crippen molar-refractivity contribution in [3.63, 3.8) is 0 Å². The van der Waals surface area contributed by atoms with Gasteiger partial charge in [-0.3, -0.25) is 0 Å². The van der Waals surface area contributed by atoms with Crippen molar-refractivity contribution < 1.29 is 14.3 Å². The van der Waals surface area contributed by atoms with Crippen molar-refractivity contribution in [1.29, 1.82) is 0 Å². The van der Waals surface area contributed by atoms with E-state index >= 15 is 0 Å². The molecular formula is C24H38O3. The van der Waals surface area contributed by atoms with Gasteiger partial charge in [0.1, 0.15) is 6.10 Å². The molecule has 0 heterocycles. The zero-order chi connectivity index (χ0) is 19.9. The fourth-order valence-corrected chi connectivity index (χ4v) is 3.26. The maximum Gasteiger partial charge on any atom is 0.374 e. The number of ether oxygens (including phenoxy) is 2. The highest BCUT2D eigenvalue weighted by Gasteiger charge is 2.22. The summed E-state index contributed by atoms with van der Waals surface area (Å²) in [5, 5.41) is 0. The van der Waals surface area contributed by atoms with Gasteiger partial charge < -0.3 is 9.47 Å². The molecule has 1 aromatic rings. The Kier molecular flexibility index (Phi) is 12.3. The third-order valence-electron chi connectivity index (χ3n) is 4.92. The zero-order valence-electron chi connectivity index (χ0n) is 17.8. The molecule has 1 atom stereocenters. The molecule has 0 aliphatic rings. The smallest absolute Gasteiger partial charge is 0.374 e. The molecule has 27 heavy (non-hydrogen) atoms. The van der Waals surface area contributed by atoms with Gasteiger partial charge in [-0.05, 0) is 37.7 Å². The molecule has 0 spiro atoms. The Morgan fingerprint density at radius 3 is 2.19 bits per heavy atom. The van der Waals surface area contributed by atoms with Crippen LogP contribution in [0.1, 0.15) is 90.5 Å². The number of carbonyl (C=O) groups is 1. The molecule has 0 bridgehead atoms. The Balaban J connectivity index is 2.96. The molecule has 0 saturated carbocycles. The van der Waals surface area contributed by atoms with Crippen LogP contribution in [0, 0.1) is 0 Å². The summed E-state index contributed by atoms with van der Waals surface area (Å²) >= 11 is 0. The van der Waals surface area contributed by atoms with Gasteiger partial charge in [0.2, 0.25) is 5.76 Å². The largest absolute Gasteiger partial charge is 0.490 e. The lowest BCUT2D eigenvalue weighted by molar-refractivity contribution is -0.148. The summed E-state index contributed by atoms with van der Waals surface area (Å²) in [5.41, 5.74) is 2.00. The van der Waals surface area contributed by atoms with Crippen molar-refractivity contribution in [2.75, 3.05) is 7.11 Å². The summed E-state index contributed by atoms with van der Waals surface area (Å²) in [6.45, 7) is 6.46. The number of unbranched alkanes of at least 4 members (excludes halogenated alkanes) is 5. The Morgan fingerprint density at radius 1 is 0.926 bits per heavy atom. The Hall–Kier alpha value is -1.77. The number of carbonyl (C=O) groups excluding carboxylic acids is 1. The molecule has 0 fully saturated rings. The predicted octanol–water partition coefficient (Wildman–Crippen LogP) is 6.92. The number of allylic oxidation sites excluding steroid dienone is 1. The van der Waals surface area contributed by atoms with E-state index in [4.69, 9.17) is 9.47 Å². The van der Waals surface area contributed by atoms with Crippen LogP contribution in [0.25, 0.3) is 5.57 Å². The number of esters is 1. The monoisotopic (exact) mass is 374 g/mol. The minimum Gasteiger partial charge on any atom is -0.490 e. The summed E-state index contributed by atoms with van der Waals surface area (Å²) in [4.78, 5) is 12.9. The molecule has 0 N–H and O–H groups in total. The topological polar surface area (TPSA) is 35.5 Å². The van der Waals surface area contributed by atoms with Crippen molar-refractivity contribution in [1.82, 2.24) is 0 Å². The van der Waals surface area contributed by atoms with Gasteiger partial charge >= 0.3 is 5.97 Å². The molecule has 0 amide bonds. The SMILES string of the molecule is CCCCCCC(=C(OC)C(=O)OC(CC)CCCCC)c1ccccc1. The first kappa shape index (κ1) is 23.3. The quantitative estimate of drug-likeness (QED) is 0.153. The van der Waals surface area contributed by atoms with E-state index in [1.807, 2.05) is 30.3 Å². The first-order valence-corrected chi connectivity index (χ1v) is 10.7. The van der Waals surface area contributed by atoms with Crippen molar-refractivity contribution in [2.24, 2.45) is 0 Å². The number of hydrogen-bond donors (Lipinski definition) is 0. The average molecular weight is 375 g/mol. The van der Waals surface area contributed by atoms with Crippen LogP contribution in [-0.2, 0) is 14.3 Å². The van der Waals surface area contributed by atoms with E-state index < -0.39 is 0 Å². The van der Waals surface area contributed by atoms with E-state index in [2.05, 4.69) is 20.8 Å². The van der Waals surface area contributed by atoms with Crippen LogP contribution >= 0.6 is 0 Å². The first-order chi connectivity index (χ1) is 13.2. The van der Waals surface area contributed by atoms with Crippen LogP contribution in [0.3, 0.4) is 0 Å². The van der Waals surface area contributed by atoms with Crippen LogP contribution < -0.4 is 0 Å². The minimum absolute atomic E-state index is 0.0358. The lowest BCUT2D eigenvalue weighted by atomic mass is 9.98. The molecule has 1 rings (SSSR count). The molecule has 0 aliphatic carbocycles. The molecule has 0 radical (unpaired) electrons. The van der Waals surface area contributed by atoms with Gasteiger partial charge in [-0.15, -0.1) is 0 Å². The van der Waals surface area contributed by atoms with Gasteiger partial charge in [-0.2, -0.15) is 0 Å². The normalized spacial score (nSPS) is 13.0. The molecule has 0 saturated heterocycles. The predicted molar refractivity (Wildman–Crippen MR) is 113 cm³/mol. The van der Waals surface area contributed by atoms with Crippen molar-refractivity contribution >= 4 is 11.5 Å². The average Bonchev–Trinajstić information content (AvgIpc) is 2.70. The lowest BCUT2D eigenvalue weighted by Crippen LogP contribution is -2.20. The van der Waals surface area contributed by atoms with E-state index in [1.165, 1.54) is 25.7 Å². The second-order valence-electron chi connectivity index (χ2n) is 7.12. The van der Waals surface area contributed by atoms with Gasteiger partial charge in [-0.1, -0.05) is 83.2 Å². The molecule has 1 unspecified atom stereocenters. The maximum atomic E-state index is 12.9. The summed E-state index contributed by atoms with van der Waals surface area (Å²) < 4.78 is 11.4. The third-order valence-corrected chi connectivity index (χ3v) is 4.92. The first-order valence-electron chi connectivity index (χ1n) is 10.7. The van der Waals surface area contributed by atoms with Crippen LogP contribution in [0.15, 0.2) is 36.1 Å². The molecule has 3 heteroatoms. The van der Waals surface area contributed by atoms with Gasteiger partial charge in [-0.25, -0.2) is 4.79 Å². The van der Waals surface area contributed by atoms with Crippen LogP contribution in [0.2, 0.25) is 0 Å². The number of benzene rings is 1. The van der Waals surface area contributed by atoms with E-state index in [0.29, 0.717) is 5.76 Å². The molecule has 3 nitrogen and oxygen atoms in total. The zero-order valence-corrected chi connectivity index (χ0v) is 17.8. The van der Waals surface area contributed by atoms with Crippen molar-refractivity contribution in [2.45, 2.75) is 91.1 Å². The third kappa shape index (κ3) is 8.64. The minimum atomic E-state index is -0.324. The standard InChI is InChI=1S/C24H38O3/c1-5-8-10-15-19-22(20-16-13-11-14-17-20)23(26-4)24(25)27-21(7-3)18-12-9-6-2/h11,13-14,16-17,21H,5-10,12,15,18-19H2,1-4H3. The van der Waals surface area contributed by atoms with E-state index in [-0.39, 0.29) is 12.1 Å². The van der Waals surface area contributed by atoms with Crippen LogP contribution in [0.5, 0.6) is 0 Å².